The summed E-state index contributed by atoms with van der Waals surface area (Å²) in [4.78, 5) is 25.5. The molecule has 1 aromatic heterocycles. The fourth-order valence-corrected chi connectivity index (χ4v) is 2.06. The zero-order valence-electron chi connectivity index (χ0n) is 12.9. The van der Waals surface area contributed by atoms with Crippen LogP contribution in [-0.4, -0.2) is 25.6 Å². The SMILES string of the molecule is O=C(Cn1cnc([N+](=O)[O-])n1)Nc1ccccc1Oc1ccccc1. The van der Waals surface area contributed by atoms with Gasteiger partial charge in [-0.2, -0.15) is 4.68 Å². The summed E-state index contributed by atoms with van der Waals surface area (Å²) in [5, 5.41) is 16.9. The number of nitrogens with one attached hydrogen (secondary N) is 1. The van der Waals surface area contributed by atoms with Gasteiger partial charge in [-0.3, -0.25) is 4.79 Å². The predicted octanol–water partition coefficient (Wildman–Crippen LogP) is 2.62. The molecule has 2 aromatic carbocycles. The molecule has 0 aliphatic heterocycles. The molecule has 9 nitrogen and oxygen atoms in total. The summed E-state index contributed by atoms with van der Waals surface area (Å²) < 4.78 is 6.85. The van der Waals surface area contributed by atoms with Crippen molar-refractivity contribution >= 4 is 17.5 Å². The zero-order valence-corrected chi connectivity index (χ0v) is 12.9. The summed E-state index contributed by atoms with van der Waals surface area (Å²) in [5.41, 5.74) is 0.478. The molecule has 0 atom stereocenters. The van der Waals surface area contributed by atoms with E-state index >= 15 is 0 Å². The lowest BCUT2D eigenvalue weighted by Gasteiger charge is -2.11. The maximum atomic E-state index is 12.1. The lowest BCUT2D eigenvalue weighted by atomic mass is 10.3. The van der Waals surface area contributed by atoms with E-state index in [0.717, 1.165) is 11.0 Å². The number of anilines is 1. The predicted molar refractivity (Wildman–Crippen MR) is 88.3 cm³/mol. The highest BCUT2D eigenvalue weighted by atomic mass is 16.6. The molecular weight excluding hydrogens is 326 g/mol. The molecule has 0 unspecified atom stereocenters. The van der Waals surface area contributed by atoms with E-state index in [0.29, 0.717) is 17.2 Å². The third kappa shape index (κ3) is 4.16. The number of carbonyl (C=O) groups excluding carboxylic acids is 1. The van der Waals surface area contributed by atoms with Gasteiger partial charge in [0.25, 0.3) is 0 Å². The fraction of sp³-hybridized carbons (Fsp3) is 0.0625. The van der Waals surface area contributed by atoms with Gasteiger partial charge in [0.15, 0.2) is 5.75 Å². The standard InChI is InChI=1S/C16H13N5O4/c22-15(10-20-11-17-16(19-20)21(23)24)18-13-8-4-5-9-14(13)25-12-6-2-1-3-7-12/h1-9,11H,10H2,(H,18,22). The summed E-state index contributed by atoms with van der Waals surface area (Å²) in [6.45, 7) is -0.208. The smallest absolute Gasteiger partial charge is 0.455 e. The van der Waals surface area contributed by atoms with Crippen LogP contribution in [0, 0.1) is 10.1 Å². The Morgan fingerprint density at radius 1 is 1.16 bits per heavy atom. The lowest BCUT2D eigenvalue weighted by molar-refractivity contribution is -0.394. The third-order valence-electron chi connectivity index (χ3n) is 3.13. The first-order valence-corrected chi connectivity index (χ1v) is 7.27. The fourth-order valence-electron chi connectivity index (χ4n) is 2.06. The highest BCUT2D eigenvalue weighted by Crippen LogP contribution is 2.29. The van der Waals surface area contributed by atoms with Crippen molar-refractivity contribution in [1.29, 1.82) is 0 Å². The molecule has 1 N–H and O–H groups in total. The van der Waals surface area contributed by atoms with Gasteiger partial charge in [0.1, 0.15) is 12.3 Å². The largest absolute Gasteiger partial charge is 0.490 e. The molecule has 0 spiro atoms. The Morgan fingerprint density at radius 2 is 1.88 bits per heavy atom. The number of carbonyl (C=O) groups is 1. The summed E-state index contributed by atoms with van der Waals surface area (Å²) in [7, 11) is 0. The number of nitrogens with zero attached hydrogens (tertiary/aromatic N) is 4. The highest BCUT2D eigenvalue weighted by Gasteiger charge is 2.16. The van der Waals surface area contributed by atoms with Crippen LogP contribution >= 0.6 is 0 Å². The van der Waals surface area contributed by atoms with Crippen molar-refractivity contribution in [2.45, 2.75) is 6.54 Å². The van der Waals surface area contributed by atoms with Gasteiger partial charge in [0.05, 0.1) is 5.69 Å². The molecule has 126 valence electrons. The van der Waals surface area contributed by atoms with Gasteiger partial charge in [-0.1, -0.05) is 35.3 Å². The summed E-state index contributed by atoms with van der Waals surface area (Å²) in [6.07, 6.45) is 1.13. The van der Waals surface area contributed by atoms with Crippen LogP contribution in [0.2, 0.25) is 0 Å². The highest BCUT2D eigenvalue weighted by molar-refractivity contribution is 5.92. The molecule has 3 aromatic rings. The monoisotopic (exact) mass is 339 g/mol. The van der Waals surface area contributed by atoms with E-state index in [1.807, 2.05) is 18.2 Å². The average Bonchev–Trinajstić information content (AvgIpc) is 3.06. The lowest BCUT2D eigenvalue weighted by Crippen LogP contribution is -2.19. The summed E-state index contributed by atoms with van der Waals surface area (Å²) >= 11 is 0. The topological polar surface area (TPSA) is 112 Å². The Labute approximate surface area is 142 Å². The molecule has 0 saturated carbocycles. The van der Waals surface area contributed by atoms with Crippen LogP contribution in [0.5, 0.6) is 11.5 Å². The summed E-state index contributed by atoms with van der Waals surface area (Å²) in [5.74, 6) is 0.146. The normalized spacial score (nSPS) is 10.2. The number of para-hydroxylation sites is 3. The van der Waals surface area contributed by atoms with Crippen LogP contribution in [0.3, 0.4) is 0 Å². The number of amides is 1. The van der Waals surface area contributed by atoms with E-state index in [-0.39, 0.29) is 6.54 Å². The minimum atomic E-state index is -0.725. The van der Waals surface area contributed by atoms with E-state index in [4.69, 9.17) is 4.74 Å². The number of nitro groups is 1. The molecule has 0 bridgehead atoms. The Bertz CT molecular complexity index is 894. The van der Waals surface area contributed by atoms with E-state index in [1.165, 1.54) is 0 Å². The molecular formula is C16H13N5O4. The Kier molecular flexibility index (Phi) is 4.65. The Hall–Kier alpha value is -3.75. The van der Waals surface area contributed by atoms with Gasteiger partial charge in [-0.05, 0) is 29.2 Å². The van der Waals surface area contributed by atoms with Crippen molar-refractivity contribution in [3.05, 3.63) is 71.0 Å². The Morgan fingerprint density at radius 3 is 2.60 bits per heavy atom. The van der Waals surface area contributed by atoms with Crippen molar-refractivity contribution in [3.8, 4) is 11.5 Å². The van der Waals surface area contributed by atoms with Crippen molar-refractivity contribution in [1.82, 2.24) is 14.8 Å². The third-order valence-corrected chi connectivity index (χ3v) is 3.13. The molecule has 0 radical (unpaired) electrons. The second-order valence-corrected chi connectivity index (χ2v) is 4.96. The van der Waals surface area contributed by atoms with E-state index in [9.17, 15) is 14.9 Å². The second kappa shape index (κ2) is 7.21. The molecule has 9 heteroatoms. The average molecular weight is 339 g/mol. The quantitative estimate of drug-likeness (QED) is 0.546. The molecule has 3 rings (SSSR count). The first-order chi connectivity index (χ1) is 12.1. The van der Waals surface area contributed by atoms with Crippen LogP contribution < -0.4 is 10.1 Å². The van der Waals surface area contributed by atoms with E-state index < -0.39 is 16.8 Å². The first-order valence-electron chi connectivity index (χ1n) is 7.27. The first kappa shape index (κ1) is 16.1. The van der Waals surface area contributed by atoms with E-state index in [2.05, 4.69) is 15.4 Å². The van der Waals surface area contributed by atoms with Crippen molar-refractivity contribution < 1.29 is 14.5 Å². The molecule has 0 aliphatic carbocycles. The van der Waals surface area contributed by atoms with Crippen LogP contribution in [-0.2, 0) is 11.3 Å². The number of aromatic nitrogens is 3. The number of ether oxygens (including phenoxy) is 1. The molecule has 0 saturated heterocycles. The number of benzene rings is 2. The van der Waals surface area contributed by atoms with Gasteiger partial charge in [0.2, 0.25) is 12.2 Å². The molecule has 1 heterocycles. The maximum Gasteiger partial charge on any atom is 0.490 e. The van der Waals surface area contributed by atoms with Gasteiger partial charge in [-0.25, -0.2) is 0 Å². The van der Waals surface area contributed by atoms with Crippen molar-refractivity contribution in [2.75, 3.05) is 5.32 Å². The van der Waals surface area contributed by atoms with Crippen molar-refractivity contribution in [2.24, 2.45) is 0 Å². The van der Waals surface area contributed by atoms with Crippen LogP contribution in [0.1, 0.15) is 0 Å². The molecule has 25 heavy (non-hydrogen) atoms. The Balaban J connectivity index is 1.69. The minimum Gasteiger partial charge on any atom is -0.455 e. The molecule has 1 amide bonds. The van der Waals surface area contributed by atoms with Gasteiger partial charge < -0.3 is 20.2 Å². The number of rotatable bonds is 6. The van der Waals surface area contributed by atoms with E-state index in [1.54, 1.807) is 36.4 Å². The van der Waals surface area contributed by atoms with Gasteiger partial charge >= 0.3 is 5.95 Å². The molecule has 0 aliphatic rings. The van der Waals surface area contributed by atoms with Crippen LogP contribution in [0.25, 0.3) is 0 Å². The minimum absolute atomic E-state index is 0.208. The second-order valence-electron chi connectivity index (χ2n) is 4.96. The number of hydrogen-bond acceptors (Lipinski definition) is 6. The van der Waals surface area contributed by atoms with Crippen LogP contribution in [0.15, 0.2) is 60.9 Å². The molecule has 0 fully saturated rings. The van der Waals surface area contributed by atoms with Crippen molar-refractivity contribution in [3.63, 3.8) is 0 Å². The van der Waals surface area contributed by atoms with Gasteiger partial charge in [0, 0.05) is 5.10 Å². The summed E-state index contributed by atoms with van der Waals surface area (Å²) in [6, 6.07) is 16.1. The number of hydrogen-bond donors (Lipinski definition) is 1. The zero-order chi connectivity index (χ0) is 17.6. The maximum absolute atomic E-state index is 12.1. The van der Waals surface area contributed by atoms with Crippen LogP contribution in [0.4, 0.5) is 11.6 Å². The van der Waals surface area contributed by atoms with Gasteiger partial charge in [-0.15, -0.1) is 0 Å².